The summed E-state index contributed by atoms with van der Waals surface area (Å²) in [6, 6.07) is 10.2. The molecule has 2 aromatic carbocycles. The fraction of sp³-hybridized carbons (Fsp3) is 0.136. The lowest BCUT2D eigenvalue weighted by molar-refractivity contribution is -0.113. The fourth-order valence-electron chi connectivity index (χ4n) is 3.09. The Morgan fingerprint density at radius 1 is 1.28 bits per heavy atom. The monoisotopic (exact) mass is 456 g/mol. The highest BCUT2D eigenvalue weighted by Crippen LogP contribution is 2.34. The lowest BCUT2D eigenvalue weighted by Crippen LogP contribution is -2.15. The zero-order chi connectivity index (χ0) is 22.7. The number of amides is 1. The fourth-order valence-corrected chi connectivity index (χ4v) is 3.84. The first-order chi connectivity index (χ1) is 15.5. The van der Waals surface area contributed by atoms with Gasteiger partial charge in [-0.3, -0.25) is 9.36 Å². The lowest BCUT2D eigenvalue weighted by atomic mass is 10.2. The molecular formula is C22H18F2N4O3S. The van der Waals surface area contributed by atoms with Crippen molar-refractivity contribution in [2.45, 2.75) is 11.7 Å². The average Bonchev–Trinajstić information content (AvgIpc) is 3.38. The molecule has 0 saturated carbocycles. The lowest BCUT2D eigenvalue weighted by Gasteiger charge is -2.08. The Bertz CT molecular complexity index is 1300. The smallest absolute Gasteiger partial charge is 0.234 e. The Labute approximate surface area is 186 Å². The van der Waals surface area contributed by atoms with Gasteiger partial charge in [-0.15, -0.1) is 16.8 Å². The molecule has 0 aliphatic carbocycles. The van der Waals surface area contributed by atoms with Crippen LogP contribution in [0, 0.1) is 11.6 Å². The van der Waals surface area contributed by atoms with Crippen molar-refractivity contribution in [1.82, 2.24) is 14.8 Å². The Morgan fingerprint density at radius 3 is 2.91 bits per heavy atom. The molecule has 0 fully saturated rings. The molecule has 0 aliphatic heterocycles. The van der Waals surface area contributed by atoms with Crippen LogP contribution in [0.1, 0.15) is 0 Å². The van der Waals surface area contributed by atoms with E-state index in [-0.39, 0.29) is 11.4 Å². The second kappa shape index (κ2) is 9.23. The highest BCUT2D eigenvalue weighted by Gasteiger charge is 2.19. The van der Waals surface area contributed by atoms with Crippen molar-refractivity contribution in [3.05, 3.63) is 66.8 Å². The average molecular weight is 456 g/mol. The number of allylic oxidation sites excluding steroid dienone is 1. The minimum absolute atomic E-state index is 0.0841. The second-order valence-corrected chi connectivity index (χ2v) is 7.60. The topological polar surface area (TPSA) is 82.2 Å². The first kappa shape index (κ1) is 21.6. The van der Waals surface area contributed by atoms with E-state index in [4.69, 9.17) is 9.15 Å². The van der Waals surface area contributed by atoms with Crippen molar-refractivity contribution >= 4 is 34.3 Å². The van der Waals surface area contributed by atoms with Gasteiger partial charge in [-0.1, -0.05) is 30.0 Å². The molecule has 0 unspecified atom stereocenters. The third-order valence-electron chi connectivity index (χ3n) is 4.51. The summed E-state index contributed by atoms with van der Waals surface area (Å²) in [7, 11) is 1.56. The van der Waals surface area contributed by atoms with Gasteiger partial charge in [-0.25, -0.2) is 8.78 Å². The van der Waals surface area contributed by atoms with E-state index in [1.807, 2.05) is 18.2 Å². The third kappa shape index (κ3) is 4.35. The summed E-state index contributed by atoms with van der Waals surface area (Å²) in [4.78, 5) is 12.3. The molecule has 1 N–H and O–H groups in total. The number of benzene rings is 2. The summed E-state index contributed by atoms with van der Waals surface area (Å²) in [5.41, 5.74) is 0.365. The highest BCUT2D eigenvalue weighted by molar-refractivity contribution is 7.99. The molecule has 0 aliphatic rings. The molecule has 2 heterocycles. The van der Waals surface area contributed by atoms with Gasteiger partial charge in [-0.2, -0.15) is 0 Å². The number of nitrogens with zero attached hydrogens (tertiary/aromatic N) is 3. The molecular weight excluding hydrogens is 438 g/mol. The van der Waals surface area contributed by atoms with Crippen molar-refractivity contribution in [1.29, 1.82) is 0 Å². The predicted octanol–water partition coefficient (Wildman–Crippen LogP) is 4.89. The Balaban J connectivity index is 1.55. The number of thioether (sulfide) groups is 1. The van der Waals surface area contributed by atoms with Gasteiger partial charge in [0.05, 0.1) is 18.6 Å². The van der Waals surface area contributed by atoms with Crippen LogP contribution in [0.25, 0.3) is 22.6 Å². The summed E-state index contributed by atoms with van der Waals surface area (Å²) in [5.74, 6) is -0.422. The van der Waals surface area contributed by atoms with Gasteiger partial charge in [0, 0.05) is 18.0 Å². The van der Waals surface area contributed by atoms with E-state index in [9.17, 15) is 13.6 Å². The van der Waals surface area contributed by atoms with Crippen LogP contribution in [0.15, 0.2) is 64.7 Å². The molecule has 1 amide bonds. The molecule has 0 bridgehead atoms. The first-order valence-electron chi connectivity index (χ1n) is 9.49. The molecule has 10 heteroatoms. The normalized spacial score (nSPS) is 11.0. The van der Waals surface area contributed by atoms with Crippen LogP contribution in [0.5, 0.6) is 5.75 Å². The number of carbonyl (C=O) groups is 1. The van der Waals surface area contributed by atoms with Crippen LogP contribution >= 0.6 is 11.8 Å². The van der Waals surface area contributed by atoms with E-state index in [1.165, 1.54) is 0 Å². The molecule has 0 spiro atoms. The number of anilines is 1. The van der Waals surface area contributed by atoms with Gasteiger partial charge in [0.25, 0.3) is 0 Å². The number of nitrogens with one attached hydrogen (secondary N) is 1. The van der Waals surface area contributed by atoms with Crippen molar-refractivity contribution in [2.24, 2.45) is 0 Å². The minimum Gasteiger partial charge on any atom is -0.493 e. The van der Waals surface area contributed by atoms with Gasteiger partial charge in [0.15, 0.2) is 22.2 Å². The maximum Gasteiger partial charge on any atom is 0.234 e. The number of ether oxygens (including phenoxy) is 1. The number of methoxy groups -OCH3 is 1. The molecule has 0 saturated heterocycles. The number of aromatic nitrogens is 3. The Kier molecular flexibility index (Phi) is 6.22. The number of carbonyl (C=O) groups excluding carboxylic acids is 1. The van der Waals surface area contributed by atoms with Crippen molar-refractivity contribution in [3.8, 4) is 17.3 Å². The van der Waals surface area contributed by atoms with Crippen LogP contribution in [-0.4, -0.2) is 33.5 Å². The second-order valence-electron chi connectivity index (χ2n) is 6.66. The van der Waals surface area contributed by atoms with Gasteiger partial charge < -0.3 is 14.5 Å². The van der Waals surface area contributed by atoms with E-state index >= 15 is 0 Å². The number of fused-ring (bicyclic) bond motifs is 1. The molecule has 4 aromatic rings. The van der Waals surface area contributed by atoms with Gasteiger partial charge in [-0.05, 0) is 24.3 Å². The largest absolute Gasteiger partial charge is 0.493 e. The van der Waals surface area contributed by atoms with Crippen LogP contribution in [0.3, 0.4) is 0 Å². The standard InChI is InChI=1S/C22H18F2N4O3S/c1-3-9-28-21(18-10-13-5-4-6-17(30-2)20(13)31-18)26-27-22(28)32-12-19(29)25-16-11-14(23)7-8-15(16)24/h3-8,10-11H,1,9,12H2,2H3,(H,25,29). The maximum atomic E-state index is 13.7. The maximum absolute atomic E-state index is 13.7. The van der Waals surface area contributed by atoms with Crippen molar-refractivity contribution in [3.63, 3.8) is 0 Å². The summed E-state index contributed by atoms with van der Waals surface area (Å²) in [5, 5.41) is 12.0. The molecule has 0 radical (unpaired) electrons. The molecule has 32 heavy (non-hydrogen) atoms. The quantitative estimate of drug-likeness (QED) is 0.300. The van der Waals surface area contributed by atoms with Crippen LogP contribution in [-0.2, 0) is 11.3 Å². The minimum atomic E-state index is -0.720. The summed E-state index contributed by atoms with van der Waals surface area (Å²) >= 11 is 1.10. The van der Waals surface area contributed by atoms with E-state index in [1.54, 1.807) is 23.8 Å². The van der Waals surface area contributed by atoms with E-state index in [0.29, 0.717) is 34.6 Å². The number of hydrogen-bond acceptors (Lipinski definition) is 6. The van der Waals surface area contributed by atoms with Crippen LogP contribution < -0.4 is 10.1 Å². The van der Waals surface area contributed by atoms with Gasteiger partial charge in [0.2, 0.25) is 11.7 Å². The predicted molar refractivity (Wildman–Crippen MR) is 118 cm³/mol. The summed E-state index contributed by atoms with van der Waals surface area (Å²) in [6.45, 7) is 4.13. The van der Waals surface area contributed by atoms with Gasteiger partial charge >= 0.3 is 0 Å². The number of rotatable bonds is 8. The van der Waals surface area contributed by atoms with E-state index in [0.717, 1.165) is 35.3 Å². The van der Waals surface area contributed by atoms with Crippen molar-refractivity contribution < 1.29 is 22.7 Å². The van der Waals surface area contributed by atoms with Gasteiger partial charge in [0.1, 0.15) is 11.6 Å². The molecule has 7 nitrogen and oxygen atoms in total. The Morgan fingerprint density at radius 2 is 2.12 bits per heavy atom. The summed E-state index contributed by atoms with van der Waals surface area (Å²) < 4.78 is 40.1. The molecule has 4 rings (SSSR count). The molecule has 0 atom stereocenters. The van der Waals surface area contributed by atoms with Crippen LogP contribution in [0.4, 0.5) is 14.5 Å². The first-order valence-corrected chi connectivity index (χ1v) is 10.5. The summed E-state index contributed by atoms with van der Waals surface area (Å²) in [6.07, 6.45) is 1.67. The Hall–Kier alpha value is -3.66. The molecule has 2 aromatic heterocycles. The number of para-hydroxylation sites is 1. The van der Waals surface area contributed by atoms with E-state index < -0.39 is 17.5 Å². The zero-order valence-electron chi connectivity index (χ0n) is 17.0. The SMILES string of the molecule is C=CCn1c(SCC(=O)Nc2cc(F)ccc2F)nnc1-c1cc2cccc(OC)c2o1. The third-order valence-corrected chi connectivity index (χ3v) is 5.48. The highest BCUT2D eigenvalue weighted by atomic mass is 32.2. The molecule has 164 valence electrons. The number of hydrogen-bond donors (Lipinski definition) is 1. The number of halogens is 2. The number of furan rings is 1. The van der Waals surface area contributed by atoms with E-state index in [2.05, 4.69) is 22.1 Å². The zero-order valence-corrected chi connectivity index (χ0v) is 17.8. The van der Waals surface area contributed by atoms with Crippen LogP contribution in [0.2, 0.25) is 0 Å². The van der Waals surface area contributed by atoms with Crippen molar-refractivity contribution in [2.75, 3.05) is 18.2 Å².